The van der Waals surface area contributed by atoms with Crippen LogP contribution in [0.3, 0.4) is 0 Å². The Hall–Kier alpha value is -1.55. The lowest BCUT2D eigenvalue weighted by Gasteiger charge is -2.29. The normalized spacial score (nSPS) is 17.3. The highest BCUT2D eigenvalue weighted by Gasteiger charge is 2.26. The molecule has 0 radical (unpaired) electrons. The van der Waals surface area contributed by atoms with Crippen molar-refractivity contribution in [3.63, 3.8) is 0 Å². The van der Waals surface area contributed by atoms with Crippen molar-refractivity contribution in [2.24, 2.45) is 5.73 Å². The molecule has 120 valence electrons. The van der Waals surface area contributed by atoms with Gasteiger partial charge in [-0.2, -0.15) is 0 Å². The maximum atomic E-state index is 12.6. The van der Waals surface area contributed by atoms with Gasteiger partial charge in [-0.25, -0.2) is 0 Å². The number of nitrogens with two attached hydrogens (primary N) is 1. The molecular weight excluding hydrogens is 276 g/mol. The molecule has 1 aliphatic heterocycles. The number of ether oxygens (including phenoxy) is 1. The Morgan fingerprint density at radius 2 is 2.14 bits per heavy atom. The maximum absolute atomic E-state index is 12.6. The van der Waals surface area contributed by atoms with E-state index in [9.17, 15) is 4.79 Å². The second-order valence-corrected chi connectivity index (χ2v) is 6.39. The molecule has 2 N–H and O–H groups in total. The first-order valence-corrected chi connectivity index (χ1v) is 8.52. The van der Waals surface area contributed by atoms with Gasteiger partial charge in [-0.1, -0.05) is 25.0 Å². The summed E-state index contributed by atoms with van der Waals surface area (Å²) in [5, 5.41) is 0. The molecule has 1 heterocycles. The zero-order valence-electron chi connectivity index (χ0n) is 13.2. The van der Waals surface area contributed by atoms with E-state index >= 15 is 0 Å². The van der Waals surface area contributed by atoms with Gasteiger partial charge < -0.3 is 15.4 Å². The highest BCUT2D eigenvalue weighted by molar-refractivity contribution is 5.76. The standard InChI is InChI=1S/C18H26N2O2/c19-10-3-6-18(21)20(16-4-1-2-5-16)13-14-7-8-17-15(12-14)9-11-22-17/h7-8,12,16H,1-6,9-11,13,19H2. The molecule has 1 aromatic rings. The van der Waals surface area contributed by atoms with Gasteiger partial charge in [0.1, 0.15) is 5.75 Å². The van der Waals surface area contributed by atoms with E-state index in [1.54, 1.807) is 0 Å². The second-order valence-electron chi connectivity index (χ2n) is 6.39. The van der Waals surface area contributed by atoms with Crippen LogP contribution in [0.15, 0.2) is 18.2 Å². The number of benzene rings is 1. The zero-order valence-corrected chi connectivity index (χ0v) is 13.2. The molecule has 0 spiro atoms. The molecule has 22 heavy (non-hydrogen) atoms. The van der Waals surface area contributed by atoms with Gasteiger partial charge in [0.05, 0.1) is 6.61 Å². The van der Waals surface area contributed by atoms with Crippen LogP contribution in [0.1, 0.15) is 49.7 Å². The maximum Gasteiger partial charge on any atom is 0.223 e. The van der Waals surface area contributed by atoms with Crippen molar-refractivity contribution in [3.8, 4) is 5.75 Å². The van der Waals surface area contributed by atoms with Crippen molar-refractivity contribution in [2.75, 3.05) is 13.2 Å². The Morgan fingerprint density at radius 3 is 2.91 bits per heavy atom. The third-order valence-electron chi connectivity index (χ3n) is 4.79. The molecule has 1 amide bonds. The summed E-state index contributed by atoms with van der Waals surface area (Å²) in [6.07, 6.45) is 7.09. The number of amides is 1. The predicted octanol–water partition coefficient (Wildman–Crippen LogP) is 2.63. The molecule has 0 atom stereocenters. The minimum atomic E-state index is 0.258. The van der Waals surface area contributed by atoms with E-state index in [1.807, 2.05) is 0 Å². The lowest BCUT2D eigenvalue weighted by Crippen LogP contribution is -2.38. The monoisotopic (exact) mass is 302 g/mol. The van der Waals surface area contributed by atoms with Crippen molar-refractivity contribution < 1.29 is 9.53 Å². The average Bonchev–Trinajstić information content (AvgIpc) is 3.20. The summed E-state index contributed by atoms with van der Waals surface area (Å²) < 4.78 is 5.56. The number of carbonyl (C=O) groups is 1. The van der Waals surface area contributed by atoms with Gasteiger partial charge in [-0.05, 0) is 43.0 Å². The van der Waals surface area contributed by atoms with Crippen LogP contribution in [-0.2, 0) is 17.8 Å². The zero-order chi connectivity index (χ0) is 15.4. The van der Waals surface area contributed by atoms with Crippen LogP contribution >= 0.6 is 0 Å². The summed E-state index contributed by atoms with van der Waals surface area (Å²) in [5.74, 6) is 1.26. The van der Waals surface area contributed by atoms with Crippen molar-refractivity contribution in [1.82, 2.24) is 4.90 Å². The van der Waals surface area contributed by atoms with Gasteiger partial charge in [0, 0.05) is 25.4 Å². The summed E-state index contributed by atoms with van der Waals surface area (Å²) in [6, 6.07) is 6.77. The largest absolute Gasteiger partial charge is 0.493 e. The van der Waals surface area contributed by atoms with Crippen LogP contribution < -0.4 is 10.5 Å². The fraction of sp³-hybridized carbons (Fsp3) is 0.611. The van der Waals surface area contributed by atoms with Crippen molar-refractivity contribution >= 4 is 5.91 Å². The molecule has 2 aliphatic rings. The van der Waals surface area contributed by atoms with Gasteiger partial charge in [0.15, 0.2) is 0 Å². The van der Waals surface area contributed by atoms with Crippen LogP contribution in [0.4, 0.5) is 0 Å². The summed E-state index contributed by atoms with van der Waals surface area (Å²) >= 11 is 0. The summed E-state index contributed by atoms with van der Waals surface area (Å²) in [5.41, 5.74) is 8.06. The molecule has 0 bridgehead atoms. The van der Waals surface area contributed by atoms with Crippen LogP contribution in [-0.4, -0.2) is 30.0 Å². The first kappa shape index (κ1) is 15.3. The lowest BCUT2D eigenvalue weighted by molar-refractivity contribution is -0.134. The molecule has 1 fully saturated rings. The van der Waals surface area contributed by atoms with Crippen molar-refractivity contribution in [2.45, 2.75) is 57.5 Å². The Balaban J connectivity index is 1.72. The van der Waals surface area contributed by atoms with Crippen LogP contribution in [0.2, 0.25) is 0 Å². The SMILES string of the molecule is NCCCC(=O)N(Cc1ccc2c(c1)CCO2)C1CCCC1. The second kappa shape index (κ2) is 7.14. The predicted molar refractivity (Wildman–Crippen MR) is 86.7 cm³/mol. The Labute approximate surface area is 132 Å². The van der Waals surface area contributed by atoms with Crippen LogP contribution in [0.5, 0.6) is 5.75 Å². The third-order valence-corrected chi connectivity index (χ3v) is 4.79. The summed E-state index contributed by atoms with van der Waals surface area (Å²) in [7, 11) is 0. The van der Waals surface area contributed by atoms with Gasteiger partial charge in [0.25, 0.3) is 0 Å². The number of fused-ring (bicyclic) bond motifs is 1. The third kappa shape index (κ3) is 3.43. The summed E-state index contributed by atoms with van der Waals surface area (Å²) in [4.78, 5) is 14.7. The van der Waals surface area contributed by atoms with Gasteiger partial charge in [-0.3, -0.25) is 4.79 Å². The van der Waals surface area contributed by atoms with Gasteiger partial charge >= 0.3 is 0 Å². The number of rotatable bonds is 6. The molecule has 0 saturated heterocycles. The molecule has 1 aromatic carbocycles. The van der Waals surface area contributed by atoms with Gasteiger partial charge in [-0.15, -0.1) is 0 Å². The highest BCUT2D eigenvalue weighted by atomic mass is 16.5. The smallest absolute Gasteiger partial charge is 0.223 e. The van der Waals surface area contributed by atoms with Gasteiger partial charge in [0.2, 0.25) is 5.91 Å². The quantitative estimate of drug-likeness (QED) is 0.879. The van der Waals surface area contributed by atoms with Crippen molar-refractivity contribution in [3.05, 3.63) is 29.3 Å². The number of hydrogen-bond acceptors (Lipinski definition) is 3. The minimum absolute atomic E-state index is 0.258. The van der Waals surface area contributed by atoms with E-state index < -0.39 is 0 Å². The molecule has 4 nitrogen and oxygen atoms in total. The van der Waals surface area contributed by atoms with E-state index in [4.69, 9.17) is 10.5 Å². The molecular formula is C18H26N2O2. The van der Waals surface area contributed by atoms with Crippen LogP contribution in [0, 0.1) is 0 Å². The number of carbonyl (C=O) groups excluding carboxylic acids is 1. The average molecular weight is 302 g/mol. The topological polar surface area (TPSA) is 55.6 Å². The molecule has 1 aliphatic carbocycles. The van der Waals surface area contributed by atoms with E-state index in [2.05, 4.69) is 23.1 Å². The molecule has 0 aromatic heterocycles. The molecule has 4 heteroatoms. The van der Waals surface area contributed by atoms with E-state index in [-0.39, 0.29) is 5.91 Å². The molecule has 1 saturated carbocycles. The summed E-state index contributed by atoms with van der Waals surface area (Å²) in [6.45, 7) is 2.09. The number of hydrogen-bond donors (Lipinski definition) is 1. The fourth-order valence-electron chi connectivity index (χ4n) is 3.57. The Morgan fingerprint density at radius 1 is 1.32 bits per heavy atom. The van der Waals surface area contributed by atoms with Crippen molar-refractivity contribution in [1.29, 1.82) is 0 Å². The molecule has 0 unspecified atom stereocenters. The Kier molecular flexibility index (Phi) is 4.98. The molecule has 3 rings (SSSR count). The van der Waals surface area contributed by atoms with E-state index in [0.717, 1.165) is 44.6 Å². The van der Waals surface area contributed by atoms with Crippen LogP contribution in [0.25, 0.3) is 0 Å². The van der Waals surface area contributed by atoms with E-state index in [1.165, 1.54) is 24.0 Å². The minimum Gasteiger partial charge on any atom is -0.493 e. The Bertz CT molecular complexity index is 524. The first-order chi connectivity index (χ1) is 10.8. The fourth-order valence-corrected chi connectivity index (χ4v) is 3.57. The first-order valence-electron chi connectivity index (χ1n) is 8.52. The lowest BCUT2D eigenvalue weighted by atomic mass is 10.1. The highest BCUT2D eigenvalue weighted by Crippen LogP contribution is 2.29. The number of nitrogens with zero attached hydrogens (tertiary/aromatic N) is 1. The van der Waals surface area contributed by atoms with E-state index in [0.29, 0.717) is 19.0 Å².